The van der Waals surface area contributed by atoms with Gasteiger partial charge in [0.1, 0.15) is 5.54 Å². The lowest BCUT2D eigenvalue weighted by Gasteiger charge is -2.41. The number of nitrogens with one attached hydrogen (secondary N) is 1. The van der Waals surface area contributed by atoms with Gasteiger partial charge in [0.25, 0.3) is 0 Å². The summed E-state index contributed by atoms with van der Waals surface area (Å²) in [6.45, 7) is 7.71. The van der Waals surface area contributed by atoms with Crippen LogP contribution in [-0.4, -0.2) is 46.4 Å². The van der Waals surface area contributed by atoms with Crippen molar-refractivity contribution in [3.63, 3.8) is 0 Å². The van der Waals surface area contributed by atoms with Crippen molar-refractivity contribution in [3.8, 4) is 0 Å². The summed E-state index contributed by atoms with van der Waals surface area (Å²) in [6.07, 6.45) is 2.24. The number of rotatable bonds is 4. The van der Waals surface area contributed by atoms with Crippen LogP contribution in [0.4, 0.5) is 0 Å². The molecule has 1 rings (SSSR count). The second kappa shape index (κ2) is 6.45. The highest BCUT2D eigenvalue weighted by atomic mass is 16.4. The number of carbonyl (C=O) groups excluding carboxylic acids is 2. The normalized spacial score (nSPS) is 22.8. The van der Waals surface area contributed by atoms with E-state index in [4.69, 9.17) is 0 Å². The van der Waals surface area contributed by atoms with E-state index in [0.717, 1.165) is 12.8 Å². The predicted octanol–water partition coefficient (Wildman–Crippen LogP) is 1.39. The summed E-state index contributed by atoms with van der Waals surface area (Å²) in [4.78, 5) is 36.9. The molecule has 120 valence electrons. The molecule has 0 aliphatic carbocycles. The number of piperidine rings is 1. The smallest absolute Gasteiger partial charge is 0.329 e. The van der Waals surface area contributed by atoms with E-state index in [1.165, 1.54) is 4.90 Å². The first-order chi connectivity index (χ1) is 9.59. The Morgan fingerprint density at radius 3 is 2.38 bits per heavy atom. The van der Waals surface area contributed by atoms with Crippen molar-refractivity contribution in [2.75, 3.05) is 13.1 Å². The minimum absolute atomic E-state index is 0.116. The third-order valence-electron chi connectivity index (χ3n) is 3.96. The van der Waals surface area contributed by atoms with Crippen LogP contribution in [0.3, 0.4) is 0 Å². The molecule has 21 heavy (non-hydrogen) atoms. The monoisotopic (exact) mass is 298 g/mol. The SMILES string of the molecule is CC(C)(C)C(=O)NCCC(=O)N1CCCCC1(C)C(=O)O. The molecule has 1 heterocycles. The molecule has 2 amide bonds. The van der Waals surface area contributed by atoms with Gasteiger partial charge in [-0.2, -0.15) is 0 Å². The van der Waals surface area contributed by atoms with E-state index in [1.54, 1.807) is 27.7 Å². The molecule has 0 radical (unpaired) electrons. The molecule has 6 heteroatoms. The fraction of sp³-hybridized carbons (Fsp3) is 0.800. The van der Waals surface area contributed by atoms with Gasteiger partial charge in [0.05, 0.1) is 0 Å². The van der Waals surface area contributed by atoms with Gasteiger partial charge in [-0.15, -0.1) is 0 Å². The topological polar surface area (TPSA) is 86.7 Å². The molecular weight excluding hydrogens is 272 g/mol. The molecule has 0 spiro atoms. The van der Waals surface area contributed by atoms with E-state index in [-0.39, 0.29) is 24.8 Å². The Balaban J connectivity index is 2.58. The van der Waals surface area contributed by atoms with Crippen molar-refractivity contribution in [3.05, 3.63) is 0 Å². The Hall–Kier alpha value is -1.59. The van der Waals surface area contributed by atoms with Crippen molar-refractivity contribution in [1.29, 1.82) is 0 Å². The molecule has 2 N–H and O–H groups in total. The molecule has 1 saturated heterocycles. The molecule has 0 saturated carbocycles. The summed E-state index contributed by atoms with van der Waals surface area (Å²) in [6, 6.07) is 0. The van der Waals surface area contributed by atoms with Gasteiger partial charge in [-0.3, -0.25) is 9.59 Å². The maximum Gasteiger partial charge on any atom is 0.329 e. The molecule has 1 aliphatic rings. The summed E-state index contributed by atoms with van der Waals surface area (Å²) >= 11 is 0. The zero-order valence-electron chi connectivity index (χ0n) is 13.4. The van der Waals surface area contributed by atoms with Crippen molar-refractivity contribution in [1.82, 2.24) is 10.2 Å². The molecule has 0 aromatic heterocycles. The van der Waals surface area contributed by atoms with Gasteiger partial charge in [0.2, 0.25) is 11.8 Å². The molecule has 1 aliphatic heterocycles. The molecule has 0 bridgehead atoms. The maximum atomic E-state index is 12.3. The van der Waals surface area contributed by atoms with E-state index in [1.807, 2.05) is 0 Å². The second-order valence-corrected chi connectivity index (χ2v) is 6.84. The Kier molecular flexibility index (Phi) is 5.36. The Morgan fingerprint density at radius 2 is 1.86 bits per heavy atom. The standard InChI is InChI=1S/C15H26N2O4/c1-14(2,3)12(19)16-9-7-11(18)17-10-6-5-8-15(17,4)13(20)21/h5-10H2,1-4H3,(H,16,19)(H,20,21). The lowest BCUT2D eigenvalue weighted by molar-refractivity contribution is -0.161. The van der Waals surface area contributed by atoms with Gasteiger partial charge in [0.15, 0.2) is 0 Å². The molecule has 0 aromatic rings. The quantitative estimate of drug-likeness (QED) is 0.821. The number of likely N-dealkylation sites (tertiary alicyclic amines) is 1. The van der Waals surface area contributed by atoms with E-state index in [2.05, 4.69) is 5.32 Å². The summed E-state index contributed by atoms with van der Waals surface area (Å²) in [5.41, 5.74) is -1.62. The molecule has 1 atom stereocenters. The van der Waals surface area contributed by atoms with Crippen LogP contribution in [0.5, 0.6) is 0 Å². The van der Waals surface area contributed by atoms with Crippen LogP contribution in [0.1, 0.15) is 53.4 Å². The second-order valence-electron chi connectivity index (χ2n) is 6.84. The number of carboxylic acid groups (broad SMARTS) is 1. The van der Waals surface area contributed by atoms with Gasteiger partial charge in [-0.1, -0.05) is 20.8 Å². The van der Waals surface area contributed by atoms with E-state index < -0.39 is 16.9 Å². The summed E-state index contributed by atoms with van der Waals surface area (Å²) < 4.78 is 0. The van der Waals surface area contributed by atoms with E-state index in [0.29, 0.717) is 13.0 Å². The molecule has 0 aromatic carbocycles. The Morgan fingerprint density at radius 1 is 1.24 bits per heavy atom. The molecule has 1 unspecified atom stereocenters. The van der Waals surface area contributed by atoms with Crippen LogP contribution in [0.2, 0.25) is 0 Å². The third kappa shape index (κ3) is 4.19. The van der Waals surface area contributed by atoms with Crippen LogP contribution >= 0.6 is 0 Å². The maximum absolute atomic E-state index is 12.3. The minimum atomic E-state index is -1.12. The number of hydrogen-bond donors (Lipinski definition) is 2. The zero-order valence-corrected chi connectivity index (χ0v) is 13.4. The van der Waals surface area contributed by atoms with Crippen LogP contribution < -0.4 is 5.32 Å². The first-order valence-corrected chi connectivity index (χ1v) is 7.41. The fourth-order valence-corrected chi connectivity index (χ4v) is 2.43. The number of aliphatic carboxylic acids is 1. The number of carbonyl (C=O) groups is 3. The van der Waals surface area contributed by atoms with Crippen molar-refractivity contribution in [2.24, 2.45) is 5.41 Å². The van der Waals surface area contributed by atoms with Crippen LogP contribution in [-0.2, 0) is 14.4 Å². The predicted molar refractivity (Wildman–Crippen MR) is 78.7 cm³/mol. The summed E-state index contributed by atoms with van der Waals surface area (Å²) in [7, 11) is 0. The Bertz CT molecular complexity index is 428. The van der Waals surface area contributed by atoms with Crippen molar-refractivity contribution in [2.45, 2.75) is 58.9 Å². The minimum Gasteiger partial charge on any atom is -0.480 e. The summed E-state index contributed by atoms with van der Waals surface area (Å²) in [5, 5.41) is 12.1. The first-order valence-electron chi connectivity index (χ1n) is 7.41. The third-order valence-corrected chi connectivity index (χ3v) is 3.96. The van der Waals surface area contributed by atoms with Gasteiger partial charge < -0.3 is 15.3 Å². The summed E-state index contributed by atoms with van der Waals surface area (Å²) in [5.74, 6) is -1.29. The molecule has 6 nitrogen and oxygen atoms in total. The average molecular weight is 298 g/mol. The number of carboxylic acids is 1. The first kappa shape index (κ1) is 17.5. The van der Waals surface area contributed by atoms with Gasteiger partial charge in [0, 0.05) is 24.9 Å². The lowest BCUT2D eigenvalue weighted by atomic mass is 9.88. The highest BCUT2D eigenvalue weighted by Crippen LogP contribution is 2.28. The average Bonchev–Trinajstić information content (AvgIpc) is 2.37. The highest BCUT2D eigenvalue weighted by molar-refractivity contribution is 5.87. The molecule has 1 fully saturated rings. The van der Waals surface area contributed by atoms with Crippen molar-refractivity contribution < 1.29 is 19.5 Å². The fourth-order valence-electron chi connectivity index (χ4n) is 2.43. The number of nitrogens with zero attached hydrogens (tertiary/aromatic N) is 1. The van der Waals surface area contributed by atoms with Gasteiger partial charge in [-0.25, -0.2) is 4.79 Å². The number of hydrogen-bond acceptors (Lipinski definition) is 3. The highest BCUT2D eigenvalue weighted by Gasteiger charge is 2.43. The largest absolute Gasteiger partial charge is 0.480 e. The zero-order chi connectivity index (χ0) is 16.3. The molecular formula is C15H26N2O4. The van der Waals surface area contributed by atoms with Gasteiger partial charge in [-0.05, 0) is 26.2 Å². The van der Waals surface area contributed by atoms with Crippen LogP contribution in [0.25, 0.3) is 0 Å². The van der Waals surface area contributed by atoms with Crippen molar-refractivity contribution >= 4 is 17.8 Å². The van der Waals surface area contributed by atoms with E-state index in [9.17, 15) is 19.5 Å². The van der Waals surface area contributed by atoms with Crippen LogP contribution in [0.15, 0.2) is 0 Å². The van der Waals surface area contributed by atoms with Gasteiger partial charge >= 0.3 is 5.97 Å². The lowest BCUT2D eigenvalue weighted by Crippen LogP contribution is -2.57. The van der Waals surface area contributed by atoms with E-state index >= 15 is 0 Å². The Labute approximate surface area is 125 Å². The number of amides is 2. The van der Waals surface area contributed by atoms with Crippen LogP contribution in [0, 0.1) is 5.41 Å².